The summed E-state index contributed by atoms with van der Waals surface area (Å²) in [6.45, 7) is 17.0. The van der Waals surface area contributed by atoms with Crippen LogP contribution in [0.15, 0.2) is 46.8 Å². The van der Waals surface area contributed by atoms with Crippen molar-refractivity contribution >= 4 is 45.3 Å². The molecule has 0 amide bonds. The Morgan fingerprint density at radius 1 is 0.604 bits per heavy atom. The quantitative estimate of drug-likeness (QED) is 0.125. The van der Waals surface area contributed by atoms with Gasteiger partial charge in [-0.15, -0.1) is 58.5 Å². The molecule has 0 bridgehead atoms. The van der Waals surface area contributed by atoms with E-state index in [0.29, 0.717) is 66.1 Å². The van der Waals surface area contributed by atoms with E-state index in [1.165, 1.54) is 0 Å². The molecule has 4 aliphatic rings. The minimum Gasteiger partial charge on any atom is -0.485 e. The molecular weight excluding hydrogens is 697 g/mol. The van der Waals surface area contributed by atoms with Gasteiger partial charge in [-0.25, -0.2) is 0 Å². The van der Waals surface area contributed by atoms with E-state index in [1.807, 2.05) is 21.5 Å². The van der Waals surface area contributed by atoms with Crippen LogP contribution in [0.25, 0.3) is 9.75 Å². The van der Waals surface area contributed by atoms with Gasteiger partial charge in [0.15, 0.2) is 58.2 Å². The van der Waals surface area contributed by atoms with Crippen molar-refractivity contribution in [3.8, 4) is 55.8 Å². The van der Waals surface area contributed by atoms with Gasteiger partial charge in [-0.2, -0.15) is 0 Å². The Hall–Kier alpha value is -3.40. The lowest BCUT2D eigenvalue weighted by molar-refractivity contribution is 0.0179. The van der Waals surface area contributed by atoms with Gasteiger partial charge >= 0.3 is 0 Å². The van der Waals surface area contributed by atoms with Gasteiger partial charge in [0.2, 0.25) is 0 Å². The van der Waals surface area contributed by atoms with E-state index in [2.05, 4.69) is 27.0 Å². The molecule has 10 nitrogen and oxygen atoms in total. The van der Waals surface area contributed by atoms with Crippen molar-refractivity contribution < 1.29 is 47.4 Å². The van der Waals surface area contributed by atoms with Crippen LogP contribution in [-0.2, 0) is 9.47 Å². The molecule has 0 saturated heterocycles. The topological polar surface area (TPSA) is 92.3 Å². The van der Waals surface area contributed by atoms with Crippen LogP contribution in [0, 0.1) is 13.8 Å². The number of fused-ring (bicyclic) bond motifs is 4. The first-order valence-corrected chi connectivity index (χ1v) is 18.9. The standard InChI is InChI=1S/C18H20O5S2.C10H12O3S.C6H6O2S/c1-4-5-19-8-12-9-22-14-11(3)25-18(16(14)23-12)17-15-13(10(2)24-17)20-6-7-21-15;1-2-3-11-4-8-5-12-9-6-14-7-10(9)13-8;1-2-8-6-4-9-3-5(6)7-1/h4,12H,1,5-9H2,2-3H3;2,6-8H,1,3-5H2;3-4H,1-2H2. The third-order valence-electron chi connectivity index (χ3n) is 7.04. The molecule has 4 aromatic rings. The molecule has 0 aliphatic carbocycles. The third kappa shape index (κ3) is 8.24. The number of aryl methyl sites for hydroxylation is 2. The van der Waals surface area contributed by atoms with Gasteiger partial charge in [0.25, 0.3) is 0 Å². The Balaban J connectivity index is 0.000000145. The van der Waals surface area contributed by atoms with Crippen LogP contribution < -0.4 is 37.9 Å². The van der Waals surface area contributed by atoms with Gasteiger partial charge in [-0.3, -0.25) is 0 Å². The number of hydrogen-bond donors (Lipinski definition) is 0. The van der Waals surface area contributed by atoms with E-state index in [4.69, 9.17) is 47.4 Å². The second-order valence-corrected chi connectivity index (χ2v) is 14.6. The second kappa shape index (κ2) is 16.8. The highest BCUT2D eigenvalue weighted by Crippen LogP contribution is 2.57. The lowest BCUT2D eigenvalue weighted by Gasteiger charge is -2.25. The van der Waals surface area contributed by atoms with Crippen molar-refractivity contribution in [2.45, 2.75) is 26.1 Å². The van der Waals surface area contributed by atoms with Gasteiger partial charge in [-0.1, -0.05) is 12.2 Å². The predicted octanol–water partition coefficient (Wildman–Crippen LogP) is 7.82. The maximum absolute atomic E-state index is 6.22. The summed E-state index contributed by atoms with van der Waals surface area (Å²) >= 11 is 6.52. The summed E-state index contributed by atoms with van der Waals surface area (Å²) in [5.74, 6) is 6.76. The fraction of sp³-hybridized carbons (Fsp3) is 0.412. The molecule has 4 aromatic heterocycles. The average molecular weight is 735 g/mol. The van der Waals surface area contributed by atoms with E-state index < -0.39 is 0 Å². The van der Waals surface area contributed by atoms with Crippen LogP contribution in [0.2, 0.25) is 0 Å². The molecule has 0 N–H and O–H groups in total. The number of rotatable bonds is 9. The van der Waals surface area contributed by atoms with Gasteiger partial charge in [0.1, 0.15) is 39.6 Å². The van der Waals surface area contributed by atoms with Crippen LogP contribution in [-0.4, -0.2) is 78.3 Å². The van der Waals surface area contributed by atoms with Crippen LogP contribution in [0.4, 0.5) is 0 Å². The molecule has 0 radical (unpaired) electrons. The molecule has 0 aromatic carbocycles. The zero-order valence-corrected chi connectivity index (χ0v) is 30.1. The summed E-state index contributed by atoms with van der Waals surface area (Å²) in [5.41, 5.74) is 0. The van der Waals surface area contributed by atoms with Crippen LogP contribution in [0.5, 0.6) is 46.0 Å². The summed E-state index contributed by atoms with van der Waals surface area (Å²) in [6, 6.07) is 0. The van der Waals surface area contributed by atoms with Gasteiger partial charge in [0, 0.05) is 31.3 Å². The Morgan fingerprint density at radius 2 is 1.08 bits per heavy atom. The lowest BCUT2D eigenvalue weighted by Crippen LogP contribution is -2.33. The smallest absolute Gasteiger partial charge is 0.181 e. The molecule has 0 spiro atoms. The first kappa shape index (κ1) is 34.5. The molecule has 2 atom stereocenters. The zero-order valence-electron chi connectivity index (χ0n) is 26.8. The van der Waals surface area contributed by atoms with E-state index in [9.17, 15) is 0 Å². The predicted molar refractivity (Wildman–Crippen MR) is 190 cm³/mol. The average Bonchev–Trinajstić information content (AvgIpc) is 3.91. The Morgan fingerprint density at radius 3 is 1.71 bits per heavy atom. The minimum atomic E-state index is -0.130. The Bertz CT molecular complexity index is 1630. The fourth-order valence-electron chi connectivity index (χ4n) is 4.93. The summed E-state index contributed by atoms with van der Waals surface area (Å²) in [7, 11) is 0. The Labute approximate surface area is 295 Å². The summed E-state index contributed by atoms with van der Waals surface area (Å²) in [5, 5.41) is 7.79. The first-order chi connectivity index (χ1) is 23.6. The summed E-state index contributed by atoms with van der Waals surface area (Å²) in [6.07, 6.45) is 3.32. The molecular formula is C34H38O10S4. The molecule has 48 heavy (non-hydrogen) atoms. The van der Waals surface area contributed by atoms with Gasteiger partial charge in [0.05, 0.1) is 36.2 Å². The fourth-order valence-corrected chi connectivity index (χ4v) is 8.49. The van der Waals surface area contributed by atoms with Crippen molar-refractivity contribution in [1.29, 1.82) is 0 Å². The maximum Gasteiger partial charge on any atom is 0.181 e. The van der Waals surface area contributed by atoms with Crippen molar-refractivity contribution in [3.05, 3.63) is 56.6 Å². The minimum absolute atomic E-state index is 0.00273. The molecule has 4 aliphatic heterocycles. The largest absolute Gasteiger partial charge is 0.485 e. The third-order valence-corrected chi connectivity index (χ3v) is 10.7. The van der Waals surface area contributed by atoms with Crippen molar-refractivity contribution in [2.24, 2.45) is 0 Å². The molecule has 2 unspecified atom stereocenters. The van der Waals surface area contributed by atoms with Gasteiger partial charge in [-0.05, 0) is 13.8 Å². The van der Waals surface area contributed by atoms with Crippen molar-refractivity contribution in [1.82, 2.24) is 0 Å². The summed E-state index contributed by atoms with van der Waals surface area (Å²) < 4.78 is 56.3. The Kier molecular flexibility index (Phi) is 12.1. The normalized spacial score (nSPS) is 18.0. The van der Waals surface area contributed by atoms with Crippen molar-refractivity contribution in [3.63, 3.8) is 0 Å². The van der Waals surface area contributed by atoms with Crippen molar-refractivity contribution in [2.75, 3.05) is 66.1 Å². The molecule has 0 fully saturated rings. The first-order valence-electron chi connectivity index (χ1n) is 15.4. The monoisotopic (exact) mass is 734 g/mol. The lowest BCUT2D eigenvalue weighted by atomic mass is 10.2. The SMILES string of the molecule is C=CCOCC1COc2c(C)sc(-c3sc(C)c4c3OCCO4)c2O1.C=CCOCC1COc2cscc2O1.c1scc2c1OCCO2. The van der Waals surface area contributed by atoms with E-state index in [-0.39, 0.29) is 12.2 Å². The molecule has 8 rings (SSSR count). The second-order valence-electron chi connectivity index (χ2n) is 10.6. The highest BCUT2D eigenvalue weighted by atomic mass is 32.1. The molecule has 14 heteroatoms. The highest BCUT2D eigenvalue weighted by Gasteiger charge is 2.33. The van der Waals surface area contributed by atoms with Crippen LogP contribution >= 0.6 is 45.3 Å². The number of thiophene rings is 4. The van der Waals surface area contributed by atoms with Crippen LogP contribution in [0.1, 0.15) is 9.75 Å². The molecule has 258 valence electrons. The zero-order chi connectivity index (χ0) is 33.3. The van der Waals surface area contributed by atoms with Gasteiger partial charge < -0.3 is 47.4 Å². The highest BCUT2D eigenvalue weighted by molar-refractivity contribution is 7.23. The summed E-state index contributed by atoms with van der Waals surface area (Å²) in [4.78, 5) is 4.32. The van der Waals surface area contributed by atoms with Crippen LogP contribution in [0.3, 0.4) is 0 Å². The van der Waals surface area contributed by atoms with E-state index in [0.717, 1.165) is 65.5 Å². The maximum atomic E-state index is 6.22. The van der Waals surface area contributed by atoms with E-state index >= 15 is 0 Å². The number of ether oxygens (including phenoxy) is 10. The molecule has 8 heterocycles. The number of hydrogen-bond acceptors (Lipinski definition) is 14. The van der Waals surface area contributed by atoms with E-state index in [1.54, 1.807) is 57.5 Å². The molecule has 0 saturated carbocycles.